The molecule has 0 saturated carbocycles. The Bertz CT molecular complexity index is 2850. The standard InChI is InChI=1S/C22H24N2O7S.C12H19NO4S.C10H7NO4.CH5N.2CH4/c1-5-31-19-11-14(9-10-18(19)30-3)17(12-32(4,28)29)24-21(26)15-7-6-8-16(23-13(2)25)20(15)22(24)27;1-4-17-12-7-9(5-6-11(12)16-2)10(13)8-18(3,14)15;1-5(12)11-7-4-2-3-6-8(7)10(14)15-9(6)13;1-2;;/h6-11,17H,5,12H2,1-4H3,(H,23,25);5-7,10H,4,8,13H2,1-3H3;2-4H,1H3,(H,11,12);2H2,1H3;2*1H4/t17-;10-;;;;/m11..../s1/i17D;10D;;;1D;. The minimum absolute atomic E-state index is 0. The predicted octanol–water partition coefficient (Wildman–Crippen LogP) is 5.38. The van der Waals surface area contributed by atoms with Gasteiger partial charge in [-0.15, -0.1) is 0 Å². The molecule has 6 N–H and O–H groups in total. The zero-order valence-corrected chi connectivity index (χ0v) is 40.9. The summed E-state index contributed by atoms with van der Waals surface area (Å²) in [6.07, 6.45) is 1.97. The summed E-state index contributed by atoms with van der Waals surface area (Å²) < 4.78 is 95.8. The number of carbonyl (C=O) groups excluding carboxylic acids is 6. The van der Waals surface area contributed by atoms with Crippen LogP contribution in [0.25, 0.3) is 0 Å². The number of rotatable bonds is 15. The summed E-state index contributed by atoms with van der Waals surface area (Å²) in [7, 11) is -1.52. The number of nitrogens with zero attached hydrogens (tertiary/aromatic N) is 1. The number of ether oxygens (including phenoxy) is 5. The lowest BCUT2D eigenvalue weighted by Crippen LogP contribution is -2.37. The smallest absolute Gasteiger partial charge is 0.349 e. The summed E-state index contributed by atoms with van der Waals surface area (Å²) in [6, 6.07) is 13.9. The average Bonchev–Trinajstić information content (AvgIpc) is 3.74. The number of benzene rings is 4. The average molecular weight is 1010 g/mol. The van der Waals surface area contributed by atoms with E-state index in [1.807, 2.05) is 6.92 Å². The second-order valence-corrected chi connectivity index (χ2v) is 18.4. The van der Waals surface area contributed by atoms with Gasteiger partial charge in [-0.25, -0.2) is 26.4 Å². The van der Waals surface area contributed by atoms with Gasteiger partial charge in [0.15, 0.2) is 23.0 Å². The van der Waals surface area contributed by atoms with Crippen molar-refractivity contribution in [1.29, 1.82) is 0 Å². The number of nitrogens with two attached hydrogens (primary N) is 2. The molecule has 0 fully saturated rings. The molecule has 22 heteroatoms. The summed E-state index contributed by atoms with van der Waals surface area (Å²) in [5, 5.41) is 4.97. The van der Waals surface area contributed by atoms with Crippen molar-refractivity contribution in [3.63, 3.8) is 0 Å². The van der Waals surface area contributed by atoms with Gasteiger partial charge in [-0.2, -0.15) is 0 Å². The highest BCUT2D eigenvalue weighted by molar-refractivity contribution is 7.90. The lowest BCUT2D eigenvalue weighted by molar-refractivity contribution is -0.115. The molecule has 69 heavy (non-hydrogen) atoms. The van der Waals surface area contributed by atoms with Gasteiger partial charge in [-0.05, 0) is 80.6 Å². The van der Waals surface area contributed by atoms with Crippen molar-refractivity contribution in [2.45, 2.75) is 54.6 Å². The summed E-state index contributed by atoms with van der Waals surface area (Å²) >= 11 is 0. The van der Waals surface area contributed by atoms with Gasteiger partial charge in [0.2, 0.25) is 11.8 Å². The van der Waals surface area contributed by atoms with Gasteiger partial charge in [-0.1, -0.05) is 39.1 Å². The molecule has 4 aromatic carbocycles. The van der Waals surface area contributed by atoms with Crippen molar-refractivity contribution >= 4 is 66.6 Å². The first kappa shape index (κ1) is 54.7. The molecule has 6 rings (SSSR count). The minimum atomic E-state index is -3.85. The molecular formula is C47H63N5O15S2. The number of hydrogen-bond acceptors (Lipinski definition) is 17. The van der Waals surface area contributed by atoms with Crippen molar-refractivity contribution < 1.29 is 73.4 Å². The van der Waals surface area contributed by atoms with Crippen LogP contribution < -0.4 is 41.0 Å². The van der Waals surface area contributed by atoms with E-state index in [-0.39, 0.29) is 59.2 Å². The Balaban J connectivity index is 0.000000563. The molecule has 0 aromatic heterocycles. The van der Waals surface area contributed by atoms with Crippen LogP contribution in [-0.4, -0.2) is 116 Å². The highest BCUT2D eigenvalue weighted by Crippen LogP contribution is 2.39. The zero-order chi connectivity index (χ0) is 54.2. The zero-order valence-electron chi connectivity index (χ0n) is 42.3. The van der Waals surface area contributed by atoms with Crippen molar-refractivity contribution in [1.82, 2.24) is 4.90 Å². The number of cyclic esters (lactones) is 2. The van der Waals surface area contributed by atoms with Crippen LogP contribution >= 0.6 is 0 Å². The third kappa shape index (κ3) is 16.1. The molecule has 2 aliphatic rings. The summed E-state index contributed by atoms with van der Waals surface area (Å²) in [5.74, 6) is -3.66. The van der Waals surface area contributed by atoms with E-state index < -0.39 is 72.9 Å². The number of methoxy groups -OCH3 is 2. The predicted molar refractivity (Wildman–Crippen MR) is 263 cm³/mol. The van der Waals surface area contributed by atoms with Crippen molar-refractivity contribution in [2.75, 3.05) is 69.1 Å². The number of anilines is 2. The van der Waals surface area contributed by atoms with Crippen LogP contribution in [0.15, 0.2) is 72.8 Å². The Kier molecular flexibility index (Phi) is 21.1. The Morgan fingerprint density at radius 3 is 1.58 bits per heavy atom. The van der Waals surface area contributed by atoms with Crippen molar-refractivity contribution in [3.8, 4) is 23.0 Å². The number of carbonyl (C=O) groups is 6. The van der Waals surface area contributed by atoms with Crippen molar-refractivity contribution in [3.05, 3.63) is 106 Å². The fraction of sp³-hybridized carbons (Fsp3) is 0.362. The fourth-order valence-corrected chi connectivity index (χ4v) is 7.94. The van der Waals surface area contributed by atoms with E-state index in [1.165, 1.54) is 85.0 Å². The van der Waals surface area contributed by atoms with Gasteiger partial charge in [0, 0.05) is 33.7 Å². The first-order valence-corrected chi connectivity index (χ1v) is 24.1. The van der Waals surface area contributed by atoms with Gasteiger partial charge in [0.1, 0.15) is 19.7 Å². The van der Waals surface area contributed by atoms with Crippen LogP contribution in [0.3, 0.4) is 0 Å². The van der Waals surface area contributed by atoms with Gasteiger partial charge in [-0.3, -0.25) is 24.1 Å². The molecule has 2 atom stereocenters. The molecule has 0 saturated heterocycles. The normalized spacial score (nSPS) is 14.4. The molecule has 0 unspecified atom stereocenters. The van der Waals surface area contributed by atoms with E-state index in [0.717, 1.165) is 12.5 Å². The SMILES string of the molecule is C.CC(=O)Nc1cccc2c1C(=O)OC2=O.CN.[2H]C.[2H][C@@](CS(C)(=O)=O)(c1ccc(OC)c(OCC)c1)N1C(=O)c2cccc(NC(C)=O)c2C1=O.[2H][C@@](N)(CS(C)(=O)=O)c1ccc(OC)c(OCC)c1. The quantitative estimate of drug-likeness (QED) is 0.0661. The molecule has 4 aromatic rings. The molecule has 0 bridgehead atoms. The fourth-order valence-electron chi connectivity index (χ4n) is 6.41. The number of imide groups is 1. The van der Waals surface area contributed by atoms with E-state index in [1.54, 1.807) is 37.3 Å². The van der Waals surface area contributed by atoms with E-state index >= 15 is 0 Å². The molecule has 2 aliphatic heterocycles. The largest absolute Gasteiger partial charge is 0.493 e. The van der Waals surface area contributed by atoms with Crippen LogP contribution in [-0.2, 0) is 34.0 Å². The first-order chi connectivity index (χ1) is 33.2. The molecule has 20 nitrogen and oxygen atoms in total. The molecule has 4 amide bonds. The maximum Gasteiger partial charge on any atom is 0.349 e. The Morgan fingerprint density at radius 2 is 1.13 bits per heavy atom. The molecule has 0 radical (unpaired) electrons. The van der Waals surface area contributed by atoms with E-state index in [2.05, 4.69) is 21.1 Å². The van der Waals surface area contributed by atoms with Gasteiger partial charge < -0.3 is 45.8 Å². The highest BCUT2D eigenvalue weighted by atomic mass is 32.2. The summed E-state index contributed by atoms with van der Waals surface area (Å²) in [4.78, 5) is 72.2. The minimum Gasteiger partial charge on any atom is -0.493 e. The number of esters is 2. The number of hydrogen-bond donors (Lipinski definition) is 4. The second kappa shape index (κ2) is 26.6. The topological polar surface area (TPSA) is 296 Å². The number of fused-ring (bicyclic) bond motifs is 2. The van der Waals surface area contributed by atoms with E-state index in [9.17, 15) is 45.6 Å². The monoisotopic (exact) mass is 1000 g/mol. The highest BCUT2D eigenvalue weighted by Gasteiger charge is 2.43. The van der Waals surface area contributed by atoms with E-state index in [0.29, 0.717) is 40.0 Å². The molecular weight excluding hydrogens is 939 g/mol. The Hall–Kier alpha value is -6.88. The van der Waals surface area contributed by atoms with Gasteiger partial charge >= 0.3 is 11.9 Å². The van der Waals surface area contributed by atoms with Crippen LogP contribution in [0.2, 0.25) is 0 Å². The molecule has 2 heterocycles. The maximum absolute atomic E-state index is 13.4. The van der Waals surface area contributed by atoms with Gasteiger partial charge in [0.25, 0.3) is 11.8 Å². The number of sulfone groups is 2. The summed E-state index contributed by atoms with van der Waals surface area (Å²) in [6.45, 7) is 6.83. The first-order valence-electron chi connectivity index (χ1n) is 22.0. The maximum atomic E-state index is 13.4. The lowest BCUT2D eigenvalue weighted by atomic mass is 10.1. The van der Waals surface area contributed by atoms with Crippen molar-refractivity contribution in [2.24, 2.45) is 11.5 Å². The molecule has 378 valence electrons. The van der Waals surface area contributed by atoms with Crippen LogP contribution in [0, 0.1) is 0 Å². The lowest BCUT2D eigenvalue weighted by Gasteiger charge is -2.27. The number of nitrogens with one attached hydrogen (secondary N) is 2. The Morgan fingerprint density at radius 1 is 0.681 bits per heavy atom. The van der Waals surface area contributed by atoms with E-state index in [4.69, 9.17) is 28.8 Å². The second-order valence-electron chi connectivity index (χ2n) is 14.2. The molecule has 0 spiro atoms. The third-order valence-electron chi connectivity index (χ3n) is 8.93. The Labute approximate surface area is 408 Å². The number of amides is 4. The third-order valence-corrected chi connectivity index (χ3v) is 10.6. The van der Waals surface area contributed by atoms with Gasteiger partial charge in [0.05, 0.1) is 81.3 Å². The van der Waals surface area contributed by atoms with Crippen LogP contribution in [0.4, 0.5) is 11.4 Å². The van der Waals surface area contributed by atoms with Crippen LogP contribution in [0.5, 0.6) is 23.0 Å². The summed E-state index contributed by atoms with van der Waals surface area (Å²) in [5.41, 5.74) is 11.3. The molecule has 0 aliphatic carbocycles. The van der Waals surface area contributed by atoms with Crippen LogP contribution in [0.1, 0.15) is 111 Å².